The van der Waals surface area contributed by atoms with Crippen molar-refractivity contribution < 1.29 is 10.1 Å². The number of guanidine groups is 2. The van der Waals surface area contributed by atoms with Crippen LogP contribution in [0.3, 0.4) is 0 Å². The molecule has 2 aromatic heterocycles. The van der Waals surface area contributed by atoms with Crippen molar-refractivity contribution in [1.82, 2.24) is 31.2 Å². The average molecular weight is 569 g/mol. The van der Waals surface area contributed by atoms with Crippen LogP contribution in [0.5, 0.6) is 0 Å². The predicted molar refractivity (Wildman–Crippen MR) is 145 cm³/mol. The molecule has 2 heterocycles. The zero-order valence-corrected chi connectivity index (χ0v) is 22.1. The molecule has 0 aliphatic heterocycles. The number of unbranched alkanes of at least 4 members (excludes halogenated alkanes) is 5. The molecule has 2 aromatic rings. The first-order valence-corrected chi connectivity index (χ1v) is 12.7. The fourth-order valence-electron chi connectivity index (χ4n) is 3.19. The van der Waals surface area contributed by atoms with E-state index in [1.807, 2.05) is 0 Å². The molecular weight excluding hydrogens is 539 g/mol. The molecule has 0 radical (unpaired) electrons. The summed E-state index contributed by atoms with van der Waals surface area (Å²) in [6.07, 6.45) is 8.68. The van der Waals surface area contributed by atoms with Gasteiger partial charge in [-0.1, -0.05) is 61.0 Å². The van der Waals surface area contributed by atoms with Crippen molar-refractivity contribution in [3.63, 3.8) is 0 Å². The minimum atomic E-state index is -0.754. The van der Waals surface area contributed by atoms with E-state index in [1.54, 1.807) is 36.7 Å². The molecule has 0 aromatic carbocycles. The van der Waals surface area contributed by atoms with Crippen molar-refractivity contribution in [2.24, 2.45) is 10.2 Å². The zero-order valence-electron chi connectivity index (χ0n) is 20.6. The zero-order chi connectivity index (χ0) is 27.6. The van der Waals surface area contributed by atoms with Gasteiger partial charge in [0.1, 0.15) is 20.5 Å². The van der Waals surface area contributed by atoms with Gasteiger partial charge in [-0.2, -0.15) is 0 Å². The van der Waals surface area contributed by atoms with Gasteiger partial charge in [0.15, 0.2) is 10.1 Å². The van der Waals surface area contributed by atoms with E-state index in [9.17, 15) is 20.2 Å². The van der Waals surface area contributed by atoms with Crippen LogP contribution in [0.1, 0.15) is 49.7 Å². The van der Waals surface area contributed by atoms with E-state index in [4.69, 9.17) is 23.2 Å². The summed E-state index contributed by atoms with van der Waals surface area (Å²) in [5, 5.41) is 39.2. The SMILES string of the molecule is O=[N+]([O-])N=C(NCCCCCCCCNC(=N[N+](=O)[O-])NCc1ccc(Cl)nc1)NCc1ccc(Cl)nc1. The van der Waals surface area contributed by atoms with Crippen molar-refractivity contribution in [3.8, 4) is 0 Å². The van der Waals surface area contributed by atoms with Crippen molar-refractivity contribution in [2.75, 3.05) is 13.1 Å². The first-order chi connectivity index (χ1) is 18.3. The fraction of sp³-hybridized carbons (Fsp3) is 0.455. The molecule has 0 spiro atoms. The summed E-state index contributed by atoms with van der Waals surface area (Å²) >= 11 is 11.5. The first-order valence-electron chi connectivity index (χ1n) is 11.9. The van der Waals surface area contributed by atoms with Crippen LogP contribution in [-0.4, -0.2) is 45.0 Å². The maximum Gasteiger partial charge on any atom is 0.269 e. The van der Waals surface area contributed by atoms with E-state index in [-0.39, 0.29) is 11.9 Å². The third-order valence-corrected chi connectivity index (χ3v) is 5.50. The molecule has 0 saturated heterocycles. The summed E-state index contributed by atoms with van der Waals surface area (Å²) in [4.78, 5) is 29.5. The topological polar surface area (TPSA) is 185 Å². The highest BCUT2D eigenvalue weighted by Gasteiger charge is 2.06. The van der Waals surface area contributed by atoms with Gasteiger partial charge in [0.05, 0.1) is 0 Å². The highest BCUT2D eigenvalue weighted by atomic mass is 35.5. The van der Waals surface area contributed by atoms with Gasteiger partial charge in [0, 0.05) is 38.6 Å². The Kier molecular flexibility index (Phi) is 14.1. The van der Waals surface area contributed by atoms with Gasteiger partial charge in [-0.05, 0) is 36.1 Å². The number of pyridine rings is 2. The highest BCUT2D eigenvalue weighted by Crippen LogP contribution is 2.07. The van der Waals surface area contributed by atoms with E-state index >= 15 is 0 Å². The maximum absolute atomic E-state index is 10.8. The summed E-state index contributed by atoms with van der Waals surface area (Å²) < 4.78 is 0. The van der Waals surface area contributed by atoms with Crippen LogP contribution in [0.4, 0.5) is 0 Å². The van der Waals surface area contributed by atoms with Crippen LogP contribution in [-0.2, 0) is 13.1 Å². The van der Waals surface area contributed by atoms with Gasteiger partial charge in [-0.25, -0.2) is 30.2 Å². The normalized spacial score (nSPS) is 11.6. The Bertz CT molecular complexity index is 983. The predicted octanol–water partition coefficient (Wildman–Crippen LogP) is 3.28. The maximum atomic E-state index is 10.8. The Balaban J connectivity index is 1.57. The van der Waals surface area contributed by atoms with Crippen molar-refractivity contribution in [2.45, 2.75) is 51.6 Å². The van der Waals surface area contributed by atoms with E-state index in [1.165, 1.54) is 0 Å². The highest BCUT2D eigenvalue weighted by molar-refractivity contribution is 6.29. The summed E-state index contributed by atoms with van der Waals surface area (Å²) in [5.41, 5.74) is 1.63. The standard InChI is InChI=1S/C22H30Cl2N10O4/c23-19-9-7-17(13-27-19)15-29-21(31-33(35)36)25-11-5-3-1-2-4-6-12-26-22(32-34(37)38)30-16-18-8-10-20(24)28-14-18/h7-10,13-14H,1-6,11-12,15-16H2,(H2,25,29,31)(H2,26,30,32). The number of halogens is 2. The first kappa shape index (κ1) is 30.4. The molecule has 0 aliphatic rings. The minimum absolute atomic E-state index is 0.0872. The Morgan fingerprint density at radius 3 is 1.42 bits per heavy atom. The van der Waals surface area contributed by atoms with Crippen LogP contribution in [0.15, 0.2) is 46.9 Å². The Labute approximate surface area is 229 Å². The third kappa shape index (κ3) is 14.1. The van der Waals surface area contributed by atoms with Crippen molar-refractivity contribution in [1.29, 1.82) is 0 Å². The molecule has 0 atom stereocenters. The number of aromatic nitrogens is 2. The van der Waals surface area contributed by atoms with Gasteiger partial charge in [-0.15, -0.1) is 0 Å². The van der Waals surface area contributed by atoms with E-state index in [2.05, 4.69) is 41.4 Å². The minimum Gasteiger partial charge on any atom is -0.351 e. The summed E-state index contributed by atoms with van der Waals surface area (Å²) in [7, 11) is 0. The van der Waals surface area contributed by atoms with Crippen molar-refractivity contribution >= 4 is 35.1 Å². The molecule has 0 amide bonds. The second kappa shape index (κ2) is 17.6. The van der Waals surface area contributed by atoms with Crippen LogP contribution in [0.2, 0.25) is 10.3 Å². The molecule has 14 nitrogen and oxygen atoms in total. The molecule has 0 fully saturated rings. The molecule has 206 valence electrons. The number of nitrogens with zero attached hydrogens (tertiary/aromatic N) is 6. The van der Waals surface area contributed by atoms with Crippen LogP contribution < -0.4 is 21.3 Å². The van der Waals surface area contributed by atoms with E-state index in [0.717, 1.165) is 49.7 Å². The molecule has 38 heavy (non-hydrogen) atoms. The number of hydrogen-bond acceptors (Lipinski definition) is 6. The summed E-state index contributed by atoms with van der Waals surface area (Å²) in [6.45, 7) is 1.71. The summed E-state index contributed by atoms with van der Waals surface area (Å²) in [5.74, 6) is 0.174. The third-order valence-electron chi connectivity index (χ3n) is 5.05. The second-order valence-electron chi connectivity index (χ2n) is 8.03. The van der Waals surface area contributed by atoms with Gasteiger partial charge in [-0.3, -0.25) is 0 Å². The van der Waals surface area contributed by atoms with Gasteiger partial charge >= 0.3 is 0 Å². The second-order valence-corrected chi connectivity index (χ2v) is 8.81. The quantitative estimate of drug-likeness (QED) is 0.0620. The Morgan fingerprint density at radius 2 is 1.08 bits per heavy atom. The van der Waals surface area contributed by atoms with E-state index < -0.39 is 10.1 Å². The molecule has 0 aliphatic carbocycles. The number of hydrogen-bond donors (Lipinski definition) is 4. The lowest BCUT2D eigenvalue weighted by Crippen LogP contribution is -2.38. The monoisotopic (exact) mass is 568 g/mol. The number of hydrazone groups is 2. The van der Waals surface area contributed by atoms with Gasteiger partial charge in [0.2, 0.25) is 0 Å². The average Bonchev–Trinajstić information content (AvgIpc) is 2.87. The molecule has 0 bridgehead atoms. The largest absolute Gasteiger partial charge is 0.351 e. The lowest BCUT2D eigenvalue weighted by atomic mass is 10.1. The molecule has 4 N–H and O–H groups in total. The smallest absolute Gasteiger partial charge is 0.269 e. The van der Waals surface area contributed by atoms with E-state index in [0.29, 0.717) is 36.5 Å². The number of nitrogens with one attached hydrogen (secondary N) is 4. The molecular formula is C22H30Cl2N10O4. The van der Waals surface area contributed by atoms with Crippen molar-refractivity contribution in [3.05, 3.63) is 78.3 Å². The lowest BCUT2D eigenvalue weighted by molar-refractivity contribution is -0.485. The van der Waals surface area contributed by atoms with Crippen LogP contribution in [0.25, 0.3) is 0 Å². The van der Waals surface area contributed by atoms with Gasteiger partial charge in [0.25, 0.3) is 11.9 Å². The molecule has 0 unspecified atom stereocenters. The fourth-order valence-corrected chi connectivity index (χ4v) is 3.42. The number of nitro groups is 2. The number of rotatable bonds is 15. The Morgan fingerprint density at radius 1 is 0.684 bits per heavy atom. The van der Waals surface area contributed by atoms with Crippen LogP contribution >= 0.6 is 23.2 Å². The lowest BCUT2D eigenvalue weighted by Gasteiger charge is -2.10. The Hall–Kier alpha value is -3.78. The summed E-state index contributed by atoms with van der Waals surface area (Å²) in [6, 6.07) is 6.83. The van der Waals surface area contributed by atoms with Crippen LogP contribution in [0, 0.1) is 20.2 Å². The molecule has 16 heteroatoms. The van der Waals surface area contributed by atoms with Gasteiger partial charge < -0.3 is 21.3 Å². The molecule has 2 rings (SSSR count). The molecule has 0 saturated carbocycles.